The Bertz CT molecular complexity index is 815. The smallest absolute Gasteiger partial charge is 0.140 e. The number of imidazole rings is 1. The van der Waals surface area contributed by atoms with E-state index in [9.17, 15) is 0 Å². The number of furan rings is 1. The second-order valence-electron chi connectivity index (χ2n) is 6.64. The van der Waals surface area contributed by atoms with Crippen LogP contribution in [0.3, 0.4) is 0 Å². The summed E-state index contributed by atoms with van der Waals surface area (Å²) in [7, 11) is 0. The minimum absolute atomic E-state index is 0.662. The third-order valence-corrected chi connectivity index (χ3v) is 4.64. The predicted molar refractivity (Wildman–Crippen MR) is 92.4 cm³/mol. The molecule has 3 aromatic heterocycles. The molecule has 0 amide bonds. The molecule has 0 unspecified atom stereocenters. The van der Waals surface area contributed by atoms with Gasteiger partial charge in [0.15, 0.2) is 0 Å². The Balaban J connectivity index is 1.40. The standard InChI is InChI=1S/C19H22N4O/c1-14-9-21-19(17-5-7-20-8-6-17)23(14)12-16-10-22(11-16)13-18-4-3-15(2)24-18/h3-9,16H,10-13H2,1-2H3. The Labute approximate surface area is 142 Å². The number of pyridine rings is 1. The lowest BCUT2D eigenvalue weighted by atomic mass is 9.99. The number of nitrogens with zero attached hydrogens (tertiary/aromatic N) is 4. The van der Waals surface area contributed by atoms with Gasteiger partial charge in [0.05, 0.1) is 6.54 Å². The monoisotopic (exact) mass is 322 g/mol. The molecule has 1 aliphatic heterocycles. The van der Waals surface area contributed by atoms with Crippen molar-refractivity contribution in [2.75, 3.05) is 13.1 Å². The molecule has 0 spiro atoms. The summed E-state index contributed by atoms with van der Waals surface area (Å²) in [5.41, 5.74) is 2.34. The maximum absolute atomic E-state index is 5.66. The molecule has 0 saturated carbocycles. The van der Waals surface area contributed by atoms with E-state index in [1.54, 1.807) is 0 Å². The topological polar surface area (TPSA) is 47.1 Å². The van der Waals surface area contributed by atoms with Gasteiger partial charge in [0.2, 0.25) is 0 Å². The van der Waals surface area contributed by atoms with Crippen molar-refractivity contribution in [1.29, 1.82) is 0 Å². The first-order valence-corrected chi connectivity index (χ1v) is 8.39. The Morgan fingerprint density at radius 2 is 1.92 bits per heavy atom. The summed E-state index contributed by atoms with van der Waals surface area (Å²) < 4.78 is 7.99. The fourth-order valence-corrected chi connectivity index (χ4v) is 3.39. The van der Waals surface area contributed by atoms with Gasteiger partial charge in [0, 0.05) is 55.4 Å². The van der Waals surface area contributed by atoms with E-state index in [1.165, 1.54) is 5.69 Å². The summed E-state index contributed by atoms with van der Waals surface area (Å²) in [4.78, 5) is 11.1. The SMILES string of the molecule is Cc1ccc(CN2CC(Cn3c(C)cnc3-c3ccncc3)C2)o1. The lowest BCUT2D eigenvalue weighted by Crippen LogP contribution is -2.47. The van der Waals surface area contributed by atoms with Gasteiger partial charge in [-0.3, -0.25) is 9.88 Å². The van der Waals surface area contributed by atoms with Crippen LogP contribution in [0.4, 0.5) is 0 Å². The van der Waals surface area contributed by atoms with Gasteiger partial charge in [-0.15, -0.1) is 0 Å². The van der Waals surface area contributed by atoms with E-state index in [0.717, 1.165) is 49.1 Å². The number of hydrogen-bond donors (Lipinski definition) is 0. The largest absolute Gasteiger partial charge is 0.465 e. The van der Waals surface area contributed by atoms with Crippen LogP contribution in [0.2, 0.25) is 0 Å². The van der Waals surface area contributed by atoms with Gasteiger partial charge in [-0.05, 0) is 38.1 Å². The van der Waals surface area contributed by atoms with Gasteiger partial charge < -0.3 is 8.98 Å². The third-order valence-electron chi connectivity index (χ3n) is 4.64. The van der Waals surface area contributed by atoms with E-state index in [1.807, 2.05) is 43.7 Å². The fraction of sp³-hybridized carbons (Fsp3) is 0.368. The van der Waals surface area contributed by atoms with Crippen LogP contribution >= 0.6 is 0 Å². The minimum atomic E-state index is 0.662. The number of hydrogen-bond acceptors (Lipinski definition) is 4. The maximum Gasteiger partial charge on any atom is 0.140 e. The van der Waals surface area contributed by atoms with Gasteiger partial charge >= 0.3 is 0 Å². The summed E-state index contributed by atoms with van der Waals surface area (Å²) in [6, 6.07) is 8.14. The van der Waals surface area contributed by atoms with Crippen LogP contribution in [-0.4, -0.2) is 32.5 Å². The predicted octanol–water partition coefficient (Wildman–Crippen LogP) is 3.29. The number of aryl methyl sites for hydroxylation is 2. The normalized spacial score (nSPS) is 15.6. The lowest BCUT2D eigenvalue weighted by Gasteiger charge is -2.39. The Morgan fingerprint density at radius 1 is 1.12 bits per heavy atom. The summed E-state index contributed by atoms with van der Waals surface area (Å²) in [6.45, 7) is 8.24. The van der Waals surface area contributed by atoms with Crippen molar-refractivity contribution in [1.82, 2.24) is 19.4 Å². The molecule has 4 heterocycles. The second kappa shape index (κ2) is 6.24. The van der Waals surface area contributed by atoms with Crippen LogP contribution in [-0.2, 0) is 13.1 Å². The van der Waals surface area contributed by atoms with Crippen molar-refractivity contribution in [3.8, 4) is 11.4 Å². The third kappa shape index (κ3) is 2.99. The lowest BCUT2D eigenvalue weighted by molar-refractivity contribution is 0.0729. The van der Waals surface area contributed by atoms with Crippen molar-refractivity contribution < 1.29 is 4.42 Å². The highest BCUT2D eigenvalue weighted by Crippen LogP contribution is 2.25. The number of rotatable bonds is 5. The number of likely N-dealkylation sites (tertiary alicyclic amines) is 1. The Morgan fingerprint density at radius 3 is 2.62 bits per heavy atom. The van der Waals surface area contributed by atoms with Crippen LogP contribution in [0.1, 0.15) is 17.2 Å². The highest BCUT2D eigenvalue weighted by atomic mass is 16.3. The molecule has 0 aliphatic carbocycles. The van der Waals surface area contributed by atoms with E-state index < -0.39 is 0 Å². The highest BCUT2D eigenvalue weighted by molar-refractivity contribution is 5.55. The van der Waals surface area contributed by atoms with Gasteiger partial charge in [-0.25, -0.2) is 4.98 Å². The summed E-state index contributed by atoms with van der Waals surface area (Å²) in [5.74, 6) is 3.74. The van der Waals surface area contributed by atoms with Crippen molar-refractivity contribution in [3.05, 3.63) is 60.1 Å². The summed E-state index contributed by atoms with van der Waals surface area (Å²) in [6.07, 6.45) is 5.60. The first-order chi connectivity index (χ1) is 11.7. The molecule has 1 saturated heterocycles. The average molecular weight is 322 g/mol. The van der Waals surface area contributed by atoms with Crippen LogP contribution in [0.15, 0.2) is 47.3 Å². The first kappa shape index (κ1) is 15.1. The summed E-state index contributed by atoms with van der Waals surface area (Å²) in [5, 5.41) is 0. The van der Waals surface area contributed by atoms with Gasteiger partial charge in [-0.2, -0.15) is 0 Å². The highest BCUT2D eigenvalue weighted by Gasteiger charge is 2.28. The average Bonchev–Trinajstić information content (AvgIpc) is 3.12. The molecule has 5 nitrogen and oxygen atoms in total. The molecule has 0 radical (unpaired) electrons. The van der Waals surface area contributed by atoms with E-state index in [0.29, 0.717) is 5.92 Å². The van der Waals surface area contributed by atoms with E-state index in [2.05, 4.69) is 32.4 Å². The first-order valence-electron chi connectivity index (χ1n) is 8.39. The molecule has 24 heavy (non-hydrogen) atoms. The van der Waals surface area contributed by atoms with Crippen LogP contribution in [0, 0.1) is 19.8 Å². The second-order valence-corrected chi connectivity index (χ2v) is 6.64. The molecule has 0 atom stereocenters. The molecule has 3 aromatic rings. The fourth-order valence-electron chi connectivity index (χ4n) is 3.39. The van der Waals surface area contributed by atoms with Crippen LogP contribution < -0.4 is 0 Å². The molecule has 5 heteroatoms. The molecule has 0 bridgehead atoms. The van der Waals surface area contributed by atoms with Crippen LogP contribution in [0.5, 0.6) is 0 Å². The quantitative estimate of drug-likeness (QED) is 0.723. The molecule has 1 aliphatic rings. The maximum atomic E-state index is 5.66. The van der Waals surface area contributed by atoms with Crippen molar-refractivity contribution in [2.45, 2.75) is 26.9 Å². The molecular formula is C19H22N4O. The molecule has 4 rings (SSSR count). The molecule has 1 fully saturated rings. The van der Waals surface area contributed by atoms with E-state index >= 15 is 0 Å². The zero-order valence-electron chi connectivity index (χ0n) is 14.1. The van der Waals surface area contributed by atoms with E-state index in [4.69, 9.17) is 4.42 Å². The van der Waals surface area contributed by atoms with Gasteiger partial charge in [0.25, 0.3) is 0 Å². The zero-order valence-corrected chi connectivity index (χ0v) is 14.1. The van der Waals surface area contributed by atoms with Gasteiger partial charge in [0.1, 0.15) is 17.3 Å². The van der Waals surface area contributed by atoms with Gasteiger partial charge in [-0.1, -0.05) is 0 Å². The minimum Gasteiger partial charge on any atom is -0.465 e. The Hall–Kier alpha value is -2.40. The molecule has 124 valence electrons. The van der Waals surface area contributed by atoms with Crippen LogP contribution in [0.25, 0.3) is 11.4 Å². The van der Waals surface area contributed by atoms with E-state index in [-0.39, 0.29) is 0 Å². The Kier molecular flexibility index (Phi) is 3.94. The molecular weight excluding hydrogens is 300 g/mol. The zero-order chi connectivity index (χ0) is 16.5. The van der Waals surface area contributed by atoms with Crippen molar-refractivity contribution in [2.24, 2.45) is 5.92 Å². The molecule has 0 aromatic carbocycles. The van der Waals surface area contributed by atoms with Crippen molar-refractivity contribution in [3.63, 3.8) is 0 Å². The van der Waals surface area contributed by atoms with Crippen molar-refractivity contribution >= 4 is 0 Å². The number of aromatic nitrogens is 3. The molecule has 0 N–H and O–H groups in total. The summed E-state index contributed by atoms with van der Waals surface area (Å²) >= 11 is 0.